The van der Waals surface area contributed by atoms with Crippen LogP contribution >= 0.6 is 0 Å². The van der Waals surface area contributed by atoms with Crippen molar-refractivity contribution in [3.8, 4) is 5.75 Å². The van der Waals surface area contributed by atoms with E-state index in [-0.39, 0.29) is 35.7 Å². The molecule has 10 heteroatoms. The van der Waals surface area contributed by atoms with Crippen molar-refractivity contribution >= 4 is 36.4 Å². The molecule has 0 spiro atoms. The average molecular weight is 564 g/mol. The molecule has 1 aromatic carbocycles. The summed E-state index contributed by atoms with van der Waals surface area (Å²) in [6.45, 7) is 13.5. The Bertz CT molecular complexity index is 1320. The molecule has 0 aromatic heterocycles. The van der Waals surface area contributed by atoms with E-state index in [1.165, 1.54) is 13.1 Å². The molecule has 3 N–H and O–H groups in total. The summed E-state index contributed by atoms with van der Waals surface area (Å²) < 4.78 is 6.32. The number of Topliss-reactive ketones (excluding diaryl/α,β-unsaturated/α-hetero) is 1. The summed E-state index contributed by atoms with van der Waals surface area (Å²) in [5, 5.41) is 37.3. The molecule has 41 heavy (non-hydrogen) atoms. The van der Waals surface area contributed by atoms with Crippen LogP contribution in [0.2, 0.25) is 0 Å². The number of nitrogens with zero attached hydrogens (tertiary/aromatic N) is 2. The molecule has 5 rings (SSSR count). The van der Waals surface area contributed by atoms with E-state index in [1.54, 1.807) is 24.3 Å². The highest BCUT2D eigenvalue weighted by molar-refractivity contribution is 6.67. The van der Waals surface area contributed by atoms with Crippen molar-refractivity contribution in [3.05, 3.63) is 36.4 Å². The Balaban J connectivity index is 1.62. The van der Waals surface area contributed by atoms with Crippen molar-refractivity contribution in [1.82, 2.24) is 4.92 Å². The van der Waals surface area contributed by atoms with Gasteiger partial charge in [0.2, 0.25) is 5.91 Å². The number of fused-ring (bicyclic) bond motifs is 1. The molecule has 3 saturated carbocycles. The van der Waals surface area contributed by atoms with Crippen LogP contribution in [0.25, 0.3) is 0 Å². The standard InChI is InChI=1S/C31H41BN2O7/c1-7-29(5)15-22(30(6)17(2)10-12-31(18(3)27(29)37)13-11-24(36)26(30)31)25(28(38)39)41-21-9-8-20-16-33-34(19(4)35)32(40)23(20)14-21/h7-9,14,16-18,22,25-27,37,40H,1,10-13,15H2,2-6H3,(H,38,39)/t17-,18+,22+,25?,26+,27+,29-,30-,31+/m1/s1. The van der Waals surface area contributed by atoms with E-state index >= 15 is 0 Å². The zero-order valence-corrected chi connectivity index (χ0v) is 24.5. The Morgan fingerprint density at radius 2 is 1.98 bits per heavy atom. The van der Waals surface area contributed by atoms with Crippen molar-refractivity contribution in [2.24, 2.45) is 45.0 Å². The van der Waals surface area contributed by atoms with Gasteiger partial charge in [-0.2, -0.15) is 5.10 Å². The largest absolute Gasteiger partial charge is 0.478 e. The number of hydrazone groups is 1. The Labute approximate surface area is 241 Å². The highest BCUT2D eigenvalue weighted by atomic mass is 16.5. The number of benzene rings is 1. The van der Waals surface area contributed by atoms with Crippen LogP contribution in [0.4, 0.5) is 0 Å². The number of carbonyl (C=O) groups excluding carboxylic acids is 2. The predicted octanol–water partition coefficient (Wildman–Crippen LogP) is 3.01. The van der Waals surface area contributed by atoms with Crippen LogP contribution in [0.5, 0.6) is 5.75 Å². The van der Waals surface area contributed by atoms with Crippen LogP contribution in [0, 0.1) is 39.9 Å². The first-order valence-corrected chi connectivity index (χ1v) is 14.6. The van der Waals surface area contributed by atoms with E-state index in [0.29, 0.717) is 23.9 Å². The van der Waals surface area contributed by atoms with Gasteiger partial charge in [0, 0.05) is 30.6 Å². The number of carboxylic acid groups (broad SMARTS) is 1. The van der Waals surface area contributed by atoms with Gasteiger partial charge in [-0.3, -0.25) is 9.59 Å². The highest BCUT2D eigenvalue weighted by Gasteiger charge is 2.69. The van der Waals surface area contributed by atoms with Gasteiger partial charge in [0.1, 0.15) is 11.5 Å². The monoisotopic (exact) mass is 564 g/mol. The van der Waals surface area contributed by atoms with Crippen LogP contribution in [0.15, 0.2) is 36.0 Å². The lowest BCUT2D eigenvalue weighted by atomic mass is 9.41. The van der Waals surface area contributed by atoms with Gasteiger partial charge < -0.3 is 20.0 Å². The number of carbonyl (C=O) groups is 3. The summed E-state index contributed by atoms with van der Waals surface area (Å²) in [6, 6.07) is 4.84. The van der Waals surface area contributed by atoms with Gasteiger partial charge in [0.15, 0.2) is 6.10 Å². The summed E-state index contributed by atoms with van der Waals surface area (Å²) in [5.41, 5.74) is -0.982. The lowest BCUT2D eigenvalue weighted by molar-refractivity contribution is -0.193. The minimum absolute atomic E-state index is 0.0420. The quantitative estimate of drug-likeness (QED) is 0.370. The fourth-order valence-electron chi connectivity index (χ4n) is 8.91. The maximum atomic E-state index is 13.7. The summed E-state index contributed by atoms with van der Waals surface area (Å²) >= 11 is 0. The maximum Gasteiger partial charge on any atom is 0.474 e. The third kappa shape index (κ3) is 4.28. The third-order valence-electron chi connectivity index (χ3n) is 11.5. The predicted molar refractivity (Wildman–Crippen MR) is 154 cm³/mol. The number of hydrogen-bond donors (Lipinski definition) is 3. The van der Waals surface area contributed by atoms with Crippen molar-refractivity contribution in [2.75, 3.05) is 0 Å². The molecular formula is C31H41BN2O7. The number of hydrogen-bond acceptors (Lipinski definition) is 7. The number of amides is 1. The van der Waals surface area contributed by atoms with Gasteiger partial charge in [-0.1, -0.05) is 39.8 Å². The Morgan fingerprint density at radius 1 is 1.27 bits per heavy atom. The zero-order valence-electron chi connectivity index (χ0n) is 24.5. The number of aliphatic hydroxyl groups excluding tert-OH is 1. The van der Waals surface area contributed by atoms with Gasteiger partial charge in [0.25, 0.3) is 0 Å². The Kier molecular flexibility index (Phi) is 7.26. The SMILES string of the molecule is C=C[C@]1(C)C[C@@H](C(Oc2ccc3c(c2)B(O)N(C(C)=O)N=C3)C(=O)O)[C@@]2(C)[C@H](C)CC[C@]3(CCC(=O)[C@H]32)[C@@H](C)[C@@H]1O. The number of rotatable bonds is 5. The molecule has 0 saturated heterocycles. The first-order valence-electron chi connectivity index (χ1n) is 14.6. The molecule has 1 heterocycles. The normalized spacial score (nSPS) is 38.8. The molecule has 220 valence electrons. The average Bonchev–Trinajstić information content (AvgIpc) is 3.29. The lowest BCUT2D eigenvalue weighted by Crippen LogP contribution is -2.63. The van der Waals surface area contributed by atoms with E-state index in [1.807, 2.05) is 13.8 Å². The molecule has 1 amide bonds. The molecule has 4 aliphatic rings. The summed E-state index contributed by atoms with van der Waals surface area (Å²) in [6.07, 6.45) is 4.08. The molecule has 0 radical (unpaired) electrons. The topological polar surface area (TPSA) is 137 Å². The fraction of sp³-hybridized carbons (Fsp3) is 0.613. The van der Waals surface area contributed by atoms with Crippen LogP contribution in [-0.2, 0) is 14.4 Å². The first kappa shape index (κ1) is 29.5. The molecule has 9 nitrogen and oxygen atoms in total. The molecule has 3 fully saturated rings. The fourth-order valence-corrected chi connectivity index (χ4v) is 8.91. The molecule has 1 aromatic rings. The smallest absolute Gasteiger partial charge is 0.474 e. The van der Waals surface area contributed by atoms with Gasteiger partial charge in [0.05, 0.1) is 12.3 Å². The molecule has 9 atom stereocenters. The second-order valence-electron chi connectivity index (χ2n) is 13.3. The van der Waals surface area contributed by atoms with Gasteiger partial charge in [-0.05, 0) is 71.5 Å². The molecule has 2 bridgehead atoms. The third-order valence-corrected chi connectivity index (χ3v) is 11.5. The number of ketones is 1. The van der Waals surface area contributed by atoms with E-state index in [0.717, 1.165) is 17.8 Å². The van der Waals surface area contributed by atoms with Crippen LogP contribution < -0.4 is 10.2 Å². The van der Waals surface area contributed by atoms with E-state index in [4.69, 9.17) is 4.74 Å². The highest BCUT2D eigenvalue weighted by Crippen LogP contribution is 2.69. The Morgan fingerprint density at radius 3 is 2.61 bits per heavy atom. The second kappa shape index (κ2) is 10.1. The van der Waals surface area contributed by atoms with Gasteiger partial charge in [-0.25, -0.2) is 9.71 Å². The lowest BCUT2D eigenvalue weighted by Gasteiger charge is -2.63. The van der Waals surface area contributed by atoms with Crippen molar-refractivity contribution in [1.29, 1.82) is 0 Å². The number of aliphatic hydroxyl groups is 1. The van der Waals surface area contributed by atoms with Crippen LogP contribution in [-0.4, -0.2) is 63.3 Å². The Hall–Kier alpha value is -2.98. The zero-order chi connectivity index (χ0) is 30.1. The van der Waals surface area contributed by atoms with Gasteiger partial charge in [-0.15, -0.1) is 6.58 Å². The maximum absolute atomic E-state index is 13.7. The van der Waals surface area contributed by atoms with Gasteiger partial charge >= 0.3 is 13.0 Å². The summed E-state index contributed by atoms with van der Waals surface area (Å²) in [7, 11) is -1.34. The summed E-state index contributed by atoms with van der Waals surface area (Å²) in [5.74, 6) is -2.38. The minimum atomic E-state index is -1.34. The minimum Gasteiger partial charge on any atom is -0.478 e. The molecule has 1 aliphatic heterocycles. The number of carboxylic acids is 1. The van der Waals surface area contributed by atoms with E-state index in [2.05, 4.69) is 25.5 Å². The number of ether oxygens (including phenoxy) is 1. The molecule has 1 unspecified atom stereocenters. The molecule has 3 aliphatic carbocycles. The van der Waals surface area contributed by atoms with E-state index < -0.39 is 53.3 Å². The number of aliphatic carboxylic acids is 1. The van der Waals surface area contributed by atoms with Crippen molar-refractivity contribution in [3.63, 3.8) is 0 Å². The van der Waals surface area contributed by atoms with Crippen molar-refractivity contribution < 1.29 is 34.4 Å². The first-order chi connectivity index (χ1) is 19.2. The van der Waals surface area contributed by atoms with Crippen LogP contribution in [0.3, 0.4) is 0 Å². The second-order valence-corrected chi connectivity index (χ2v) is 13.3. The van der Waals surface area contributed by atoms with Crippen molar-refractivity contribution in [2.45, 2.75) is 78.9 Å². The van der Waals surface area contributed by atoms with E-state index in [9.17, 15) is 29.6 Å². The molecular weight excluding hydrogens is 523 g/mol. The van der Waals surface area contributed by atoms with Crippen LogP contribution in [0.1, 0.15) is 72.3 Å². The summed E-state index contributed by atoms with van der Waals surface area (Å²) in [4.78, 5) is 39.7.